The number of aliphatic hydroxyl groups is 2. The van der Waals surface area contributed by atoms with Crippen LogP contribution in [0, 0.1) is 0 Å². The third-order valence-corrected chi connectivity index (χ3v) is 4.78. The van der Waals surface area contributed by atoms with E-state index in [1.165, 1.54) is 51.0 Å². The van der Waals surface area contributed by atoms with Gasteiger partial charge in [-0.05, 0) is 25.7 Å². The minimum Gasteiger partial charge on any atom is -0.454 e. The molecule has 0 spiro atoms. The SMILES string of the molecule is CCCCCCCCC1OC1CCCC=CC=CC=CC(=O)OC(CO)CO. The van der Waals surface area contributed by atoms with Gasteiger partial charge >= 0.3 is 5.97 Å². The monoisotopic (exact) mass is 394 g/mol. The Morgan fingerprint density at radius 3 is 2.29 bits per heavy atom. The van der Waals surface area contributed by atoms with Crippen LogP contribution in [0.2, 0.25) is 0 Å². The maximum atomic E-state index is 11.4. The third kappa shape index (κ3) is 12.9. The van der Waals surface area contributed by atoms with Gasteiger partial charge in [-0.2, -0.15) is 0 Å². The second-order valence-corrected chi connectivity index (χ2v) is 7.30. The summed E-state index contributed by atoms with van der Waals surface area (Å²) in [7, 11) is 0. The van der Waals surface area contributed by atoms with E-state index in [0.717, 1.165) is 19.3 Å². The highest BCUT2D eigenvalue weighted by molar-refractivity contribution is 5.82. The molecule has 28 heavy (non-hydrogen) atoms. The molecule has 0 aliphatic carbocycles. The zero-order valence-corrected chi connectivity index (χ0v) is 17.3. The Balaban J connectivity index is 1.96. The summed E-state index contributed by atoms with van der Waals surface area (Å²) in [5, 5.41) is 17.6. The van der Waals surface area contributed by atoms with Gasteiger partial charge in [-0.3, -0.25) is 0 Å². The average molecular weight is 395 g/mol. The fourth-order valence-electron chi connectivity index (χ4n) is 3.02. The Bertz CT molecular complexity index is 479. The molecule has 0 aromatic heterocycles. The molecule has 0 saturated carbocycles. The van der Waals surface area contributed by atoms with E-state index in [4.69, 9.17) is 19.7 Å². The van der Waals surface area contributed by atoms with Gasteiger partial charge in [0.15, 0.2) is 0 Å². The molecular formula is C23H38O5. The van der Waals surface area contributed by atoms with E-state index in [2.05, 4.69) is 13.0 Å². The summed E-state index contributed by atoms with van der Waals surface area (Å²) in [5.41, 5.74) is 0. The molecule has 160 valence electrons. The second-order valence-electron chi connectivity index (χ2n) is 7.30. The number of aliphatic hydroxyl groups excluding tert-OH is 2. The number of carbonyl (C=O) groups excluding carboxylic acids is 1. The smallest absolute Gasteiger partial charge is 0.331 e. The molecule has 1 fully saturated rings. The first-order chi connectivity index (χ1) is 13.7. The third-order valence-electron chi connectivity index (χ3n) is 4.78. The molecule has 1 saturated heterocycles. The largest absolute Gasteiger partial charge is 0.454 e. The lowest BCUT2D eigenvalue weighted by Gasteiger charge is -2.09. The van der Waals surface area contributed by atoms with Gasteiger partial charge < -0.3 is 19.7 Å². The van der Waals surface area contributed by atoms with Crippen molar-refractivity contribution in [2.45, 2.75) is 89.4 Å². The Kier molecular flexibility index (Phi) is 14.5. The molecule has 1 aliphatic heterocycles. The zero-order chi connectivity index (χ0) is 20.5. The van der Waals surface area contributed by atoms with Crippen molar-refractivity contribution >= 4 is 5.97 Å². The molecule has 0 amide bonds. The topological polar surface area (TPSA) is 79.3 Å². The van der Waals surface area contributed by atoms with Gasteiger partial charge in [0.25, 0.3) is 0 Å². The number of ether oxygens (including phenoxy) is 2. The van der Waals surface area contributed by atoms with E-state index in [1.807, 2.05) is 12.2 Å². The van der Waals surface area contributed by atoms with Crippen LogP contribution in [-0.2, 0) is 14.3 Å². The van der Waals surface area contributed by atoms with Crippen LogP contribution in [-0.4, -0.2) is 47.7 Å². The highest BCUT2D eigenvalue weighted by Crippen LogP contribution is 2.31. The normalized spacial score (nSPS) is 19.4. The maximum absolute atomic E-state index is 11.4. The Morgan fingerprint density at radius 1 is 0.929 bits per heavy atom. The fourth-order valence-corrected chi connectivity index (χ4v) is 3.02. The molecule has 2 unspecified atom stereocenters. The van der Waals surface area contributed by atoms with Gasteiger partial charge in [-0.25, -0.2) is 4.79 Å². The number of unbranched alkanes of at least 4 members (excludes halogenated alkanes) is 6. The van der Waals surface area contributed by atoms with Crippen molar-refractivity contribution in [2.75, 3.05) is 13.2 Å². The lowest BCUT2D eigenvalue weighted by molar-refractivity contribution is -0.147. The van der Waals surface area contributed by atoms with Crippen LogP contribution in [0.1, 0.15) is 71.1 Å². The molecule has 5 nitrogen and oxygen atoms in total. The average Bonchev–Trinajstić information content (AvgIpc) is 3.45. The van der Waals surface area contributed by atoms with E-state index < -0.39 is 12.1 Å². The van der Waals surface area contributed by atoms with Crippen LogP contribution in [0.25, 0.3) is 0 Å². The lowest BCUT2D eigenvalue weighted by Crippen LogP contribution is -2.24. The first-order valence-electron chi connectivity index (χ1n) is 10.8. The van der Waals surface area contributed by atoms with Crippen molar-refractivity contribution in [3.8, 4) is 0 Å². The predicted octanol–water partition coefficient (Wildman–Crippen LogP) is 4.24. The lowest BCUT2D eigenvalue weighted by atomic mass is 10.1. The summed E-state index contributed by atoms with van der Waals surface area (Å²) < 4.78 is 10.6. The Hall–Kier alpha value is -1.43. The quantitative estimate of drug-likeness (QED) is 0.127. The zero-order valence-electron chi connectivity index (χ0n) is 17.3. The van der Waals surface area contributed by atoms with Crippen LogP contribution in [0.3, 0.4) is 0 Å². The summed E-state index contributed by atoms with van der Waals surface area (Å²) in [6.07, 6.45) is 23.2. The number of hydrogen-bond donors (Lipinski definition) is 2. The van der Waals surface area contributed by atoms with Gasteiger partial charge in [0.05, 0.1) is 25.4 Å². The van der Waals surface area contributed by atoms with Gasteiger partial charge in [0.2, 0.25) is 0 Å². The van der Waals surface area contributed by atoms with E-state index in [0.29, 0.717) is 12.2 Å². The summed E-state index contributed by atoms with van der Waals surface area (Å²) >= 11 is 0. The van der Waals surface area contributed by atoms with Crippen LogP contribution in [0.4, 0.5) is 0 Å². The second kappa shape index (κ2) is 16.5. The van der Waals surface area contributed by atoms with Crippen LogP contribution in [0.5, 0.6) is 0 Å². The minimum atomic E-state index is -0.859. The molecular weight excluding hydrogens is 356 g/mol. The summed E-state index contributed by atoms with van der Waals surface area (Å²) in [5.74, 6) is -0.582. The molecule has 1 heterocycles. The summed E-state index contributed by atoms with van der Waals surface area (Å²) in [6, 6.07) is 0. The predicted molar refractivity (Wildman–Crippen MR) is 112 cm³/mol. The Morgan fingerprint density at radius 2 is 1.57 bits per heavy atom. The highest BCUT2D eigenvalue weighted by atomic mass is 16.6. The molecule has 0 aromatic rings. The molecule has 2 N–H and O–H groups in total. The van der Waals surface area contributed by atoms with Crippen LogP contribution >= 0.6 is 0 Å². The number of allylic oxidation sites excluding steroid dienone is 5. The molecule has 2 atom stereocenters. The number of epoxide rings is 1. The van der Waals surface area contributed by atoms with Gasteiger partial charge in [-0.15, -0.1) is 0 Å². The minimum absolute atomic E-state index is 0.389. The highest BCUT2D eigenvalue weighted by Gasteiger charge is 2.36. The number of hydrogen-bond acceptors (Lipinski definition) is 5. The first kappa shape index (κ1) is 24.6. The van der Waals surface area contributed by atoms with Gasteiger partial charge in [0, 0.05) is 6.08 Å². The van der Waals surface area contributed by atoms with Crippen molar-refractivity contribution in [1.29, 1.82) is 0 Å². The molecule has 0 radical (unpaired) electrons. The molecule has 0 bridgehead atoms. The van der Waals surface area contributed by atoms with E-state index in [1.54, 1.807) is 12.2 Å². The van der Waals surface area contributed by atoms with Crippen molar-refractivity contribution in [1.82, 2.24) is 0 Å². The van der Waals surface area contributed by atoms with E-state index in [-0.39, 0.29) is 13.2 Å². The first-order valence-corrected chi connectivity index (χ1v) is 10.8. The molecule has 1 aliphatic rings. The number of carbonyl (C=O) groups is 1. The molecule has 1 rings (SSSR count). The van der Waals surface area contributed by atoms with Crippen LogP contribution < -0.4 is 0 Å². The van der Waals surface area contributed by atoms with Crippen molar-refractivity contribution < 1.29 is 24.5 Å². The van der Waals surface area contributed by atoms with Gasteiger partial charge in [-0.1, -0.05) is 75.8 Å². The molecule has 5 heteroatoms. The maximum Gasteiger partial charge on any atom is 0.331 e. The fraction of sp³-hybridized carbons (Fsp3) is 0.696. The van der Waals surface area contributed by atoms with Crippen LogP contribution in [0.15, 0.2) is 36.5 Å². The molecule has 0 aromatic carbocycles. The number of rotatable bonds is 17. The van der Waals surface area contributed by atoms with Crippen molar-refractivity contribution in [2.24, 2.45) is 0 Å². The standard InChI is InChI=1S/C23H38O5/c1-2-3-4-5-9-12-15-21-22(28-21)16-13-10-7-6-8-11-14-17-23(26)27-20(18-24)19-25/h6-8,11,14,17,20-22,24-25H,2-5,9-10,12-13,15-16,18-19H2,1H3. The number of esters is 1. The van der Waals surface area contributed by atoms with E-state index in [9.17, 15) is 4.79 Å². The summed E-state index contributed by atoms with van der Waals surface area (Å²) in [6.45, 7) is 1.47. The van der Waals surface area contributed by atoms with Gasteiger partial charge in [0.1, 0.15) is 6.10 Å². The Labute approximate surface area is 170 Å². The van der Waals surface area contributed by atoms with Crippen molar-refractivity contribution in [3.63, 3.8) is 0 Å². The summed E-state index contributed by atoms with van der Waals surface area (Å²) in [4.78, 5) is 11.4. The van der Waals surface area contributed by atoms with Crippen molar-refractivity contribution in [3.05, 3.63) is 36.5 Å². The van der Waals surface area contributed by atoms with E-state index >= 15 is 0 Å².